The lowest BCUT2D eigenvalue weighted by atomic mass is 9.66. The van der Waals surface area contributed by atoms with Gasteiger partial charge >= 0.3 is 0 Å². The molecule has 0 saturated heterocycles. The first-order valence-corrected chi connectivity index (χ1v) is 17.5. The van der Waals surface area contributed by atoms with Crippen LogP contribution >= 0.6 is 0 Å². The monoisotopic (exact) mass is 648 g/mol. The van der Waals surface area contributed by atoms with Gasteiger partial charge in [0.15, 0.2) is 5.82 Å². The summed E-state index contributed by atoms with van der Waals surface area (Å²) in [5.41, 5.74) is 13.4. The molecule has 0 bridgehead atoms. The Labute approximate surface area is 297 Å². The molecule has 0 atom stereocenters. The fourth-order valence-corrected chi connectivity index (χ4v) is 8.37. The molecule has 0 unspecified atom stereocenters. The molecule has 1 aromatic heterocycles. The molecule has 9 aromatic rings. The minimum atomic E-state index is -0.498. The first-order chi connectivity index (χ1) is 25.3. The minimum absolute atomic E-state index is 0.498. The lowest BCUT2D eigenvalue weighted by Crippen LogP contribution is -2.28. The predicted molar refractivity (Wildman–Crippen MR) is 211 cm³/mol. The zero-order valence-corrected chi connectivity index (χ0v) is 27.9. The van der Waals surface area contributed by atoms with Gasteiger partial charge in [0.1, 0.15) is 0 Å². The number of fused-ring (bicyclic) bond motifs is 6. The van der Waals surface area contributed by atoms with Gasteiger partial charge in [0.05, 0.1) is 16.6 Å². The maximum atomic E-state index is 5.42. The molecule has 0 aliphatic heterocycles. The Hall–Kier alpha value is -6.64. The quantitative estimate of drug-likeness (QED) is 0.186. The fourth-order valence-electron chi connectivity index (χ4n) is 8.37. The van der Waals surface area contributed by atoms with Crippen LogP contribution in [0.2, 0.25) is 0 Å². The lowest BCUT2D eigenvalue weighted by molar-refractivity contribution is 0.775. The highest BCUT2D eigenvalue weighted by Gasteiger charge is 2.47. The zero-order chi connectivity index (χ0) is 33.8. The van der Waals surface area contributed by atoms with E-state index in [0.29, 0.717) is 0 Å². The van der Waals surface area contributed by atoms with E-state index in [1.54, 1.807) is 0 Å². The Balaban J connectivity index is 1.25. The number of nitrogens with zero attached hydrogens (tertiary/aromatic N) is 2. The molecule has 1 heterocycles. The summed E-state index contributed by atoms with van der Waals surface area (Å²) < 4.78 is 0. The molecule has 2 nitrogen and oxygen atoms in total. The van der Waals surface area contributed by atoms with E-state index in [0.717, 1.165) is 38.9 Å². The SMILES string of the molecule is c1ccc(-c2ccc(-c3nc(-c4cc5c(c6ccccc46)C(c4ccccc4)(c4ccccc4)c4ccccc4-5)nc4ccccc34)cc2)cc1. The van der Waals surface area contributed by atoms with Crippen molar-refractivity contribution in [3.63, 3.8) is 0 Å². The molecular formula is C49H32N2. The van der Waals surface area contributed by atoms with Gasteiger partial charge < -0.3 is 0 Å². The molecular weight excluding hydrogens is 617 g/mol. The molecule has 0 spiro atoms. The van der Waals surface area contributed by atoms with Gasteiger partial charge in [-0.25, -0.2) is 9.97 Å². The van der Waals surface area contributed by atoms with Crippen molar-refractivity contribution in [2.24, 2.45) is 0 Å². The number of para-hydroxylation sites is 1. The first kappa shape index (κ1) is 29.3. The number of aromatic nitrogens is 2. The molecule has 238 valence electrons. The molecule has 1 aliphatic carbocycles. The maximum absolute atomic E-state index is 5.42. The summed E-state index contributed by atoms with van der Waals surface area (Å²) in [7, 11) is 0. The Morgan fingerprint density at radius 2 is 0.882 bits per heavy atom. The minimum Gasteiger partial charge on any atom is -0.228 e. The van der Waals surface area contributed by atoms with Crippen LogP contribution in [-0.2, 0) is 5.41 Å². The van der Waals surface area contributed by atoms with E-state index < -0.39 is 5.41 Å². The van der Waals surface area contributed by atoms with Crippen molar-refractivity contribution in [3.05, 3.63) is 216 Å². The molecule has 0 N–H and O–H groups in total. The molecule has 8 aromatic carbocycles. The van der Waals surface area contributed by atoms with Crippen LogP contribution in [0.1, 0.15) is 22.3 Å². The third-order valence-corrected chi connectivity index (χ3v) is 10.6. The number of benzene rings is 8. The summed E-state index contributed by atoms with van der Waals surface area (Å²) in [6.07, 6.45) is 0. The van der Waals surface area contributed by atoms with E-state index >= 15 is 0 Å². The summed E-state index contributed by atoms with van der Waals surface area (Å²) in [6.45, 7) is 0. The van der Waals surface area contributed by atoms with Crippen molar-refractivity contribution in [1.82, 2.24) is 9.97 Å². The van der Waals surface area contributed by atoms with Crippen molar-refractivity contribution >= 4 is 21.7 Å². The lowest BCUT2D eigenvalue weighted by Gasteiger charge is -2.34. The molecule has 0 radical (unpaired) electrons. The van der Waals surface area contributed by atoms with Crippen molar-refractivity contribution in [2.75, 3.05) is 0 Å². The van der Waals surface area contributed by atoms with Crippen LogP contribution in [0.3, 0.4) is 0 Å². The number of hydrogen-bond acceptors (Lipinski definition) is 2. The summed E-state index contributed by atoms with van der Waals surface area (Å²) >= 11 is 0. The highest BCUT2D eigenvalue weighted by atomic mass is 14.9. The molecule has 0 saturated carbocycles. The average molecular weight is 649 g/mol. The largest absolute Gasteiger partial charge is 0.228 e. The molecule has 0 amide bonds. The third-order valence-electron chi connectivity index (χ3n) is 10.6. The molecule has 51 heavy (non-hydrogen) atoms. The van der Waals surface area contributed by atoms with E-state index in [1.807, 2.05) is 0 Å². The number of rotatable bonds is 5. The highest BCUT2D eigenvalue weighted by molar-refractivity contribution is 6.07. The molecule has 0 fully saturated rings. The first-order valence-electron chi connectivity index (χ1n) is 17.5. The molecule has 10 rings (SSSR count). The zero-order valence-electron chi connectivity index (χ0n) is 27.9. The molecule has 2 heteroatoms. The third kappa shape index (κ3) is 4.50. The van der Waals surface area contributed by atoms with Crippen LogP contribution in [0.15, 0.2) is 194 Å². The topological polar surface area (TPSA) is 25.8 Å². The normalized spacial score (nSPS) is 12.9. The standard InChI is InChI=1S/C49H32N2/c1-4-16-33(17-5-1)34-28-30-35(31-29-34)47-41-25-13-15-27-45(41)50-48(51-47)43-32-42-39-23-12-14-26-44(39)49(36-18-6-2-7-19-36,37-20-8-3-9-21-37)46(42)40-24-11-10-22-38(40)43/h1-32H. The molecule has 1 aliphatic rings. The van der Waals surface area contributed by atoms with Crippen LogP contribution < -0.4 is 0 Å². The van der Waals surface area contributed by atoms with Gasteiger partial charge in [-0.15, -0.1) is 0 Å². The van der Waals surface area contributed by atoms with Crippen LogP contribution in [0.25, 0.3) is 66.6 Å². The van der Waals surface area contributed by atoms with Crippen molar-refractivity contribution in [2.45, 2.75) is 5.41 Å². The van der Waals surface area contributed by atoms with E-state index in [1.165, 1.54) is 49.9 Å². The van der Waals surface area contributed by atoms with Crippen molar-refractivity contribution in [3.8, 4) is 44.9 Å². The van der Waals surface area contributed by atoms with E-state index in [4.69, 9.17) is 9.97 Å². The van der Waals surface area contributed by atoms with Gasteiger partial charge in [0.25, 0.3) is 0 Å². The van der Waals surface area contributed by atoms with E-state index in [9.17, 15) is 0 Å². The van der Waals surface area contributed by atoms with Crippen molar-refractivity contribution in [1.29, 1.82) is 0 Å². The smallest absolute Gasteiger partial charge is 0.161 e. The summed E-state index contributed by atoms with van der Waals surface area (Å²) in [5, 5.41) is 3.39. The second-order valence-electron chi connectivity index (χ2n) is 13.3. The van der Waals surface area contributed by atoms with Crippen LogP contribution in [-0.4, -0.2) is 9.97 Å². The van der Waals surface area contributed by atoms with E-state index in [2.05, 4.69) is 194 Å². The van der Waals surface area contributed by atoms with Gasteiger partial charge in [0.2, 0.25) is 0 Å². The second kappa shape index (κ2) is 11.8. The van der Waals surface area contributed by atoms with Crippen molar-refractivity contribution < 1.29 is 0 Å². The fraction of sp³-hybridized carbons (Fsp3) is 0.0204. The van der Waals surface area contributed by atoms with Gasteiger partial charge in [-0.1, -0.05) is 182 Å². The van der Waals surface area contributed by atoms with Gasteiger partial charge in [-0.05, 0) is 67.4 Å². The summed E-state index contributed by atoms with van der Waals surface area (Å²) in [5.74, 6) is 0.726. The Bertz CT molecular complexity index is 2680. The van der Waals surface area contributed by atoms with Crippen LogP contribution in [0, 0.1) is 0 Å². The van der Waals surface area contributed by atoms with Gasteiger partial charge in [-0.2, -0.15) is 0 Å². The Morgan fingerprint density at radius 1 is 0.353 bits per heavy atom. The second-order valence-corrected chi connectivity index (χ2v) is 13.3. The van der Waals surface area contributed by atoms with Gasteiger partial charge in [0, 0.05) is 16.5 Å². The predicted octanol–water partition coefficient (Wildman–Crippen LogP) is 12.1. The van der Waals surface area contributed by atoms with E-state index in [-0.39, 0.29) is 0 Å². The summed E-state index contributed by atoms with van der Waals surface area (Å²) in [6, 6.07) is 69.7. The highest BCUT2D eigenvalue weighted by Crippen LogP contribution is 2.59. The van der Waals surface area contributed by atoms with Crippen LogP contribution in [0.4, 0.5) is 0 Å². The average Bonchev–Trinajstić information content (AvgIpc) is 3.52. The number of hydrogen-bond donors (Lipinski definition) is 0. The Kier molecular flexibility index (Phi) is 6.75. The summed E-state index contributed by atoms with van der Waals surface area (Å²) in [4.78, 5) is 10.7. The van der Waals surface area contributed by atoms with Gasteiger partial charge in [-0.3, -0.25) is 0 Å². The van der Waals surface area contributed by atoms with Crippen LogP contribution in [0.5, 0.6) is 0 Å². The Morgan fingerprint density at radius 3 is 1.59 bits per heavy atom. The maximum Gasteiger partial charge on any atom is 0.161 e.